The molecule has 18 N–H and O–H groups in total. The zero-order chi connectivity index (χ0) is 58.6. The van der Waals surface area contributed by atoms with E-state index in [-0.39, 0.29) is 62.1 Å². The highest BCUT2D eigenvalue weighted by molar-refractivity contribution is 6.30. The van der Waals surface area contributed by atoms with E-state index >= 15 is 0 Å². The molecule has 1 aliphatic rings. The Labute approximate surface area is 465 Å². The number of hydrogen-bond acceptors (Lipinski definition) is 15. The van der Waals surface area contributed by atoms with Crippen LogP contribution in [0.4, 0.5) is 0 Å². The number of primary amides is 2. The van der Waals surface area contributed by atoms with Crippen molar-refractivity contribution in [1.29, 1.82) is 0 Å². The van der Waals surface area contributed by atoms with Gasteiger partial charge in [-0.25, -0.2) is 0 Å². The number of phenols is 2. The molecule has 428 valence electrons. The predicted molar refractivity (Wildman–Crippen MR) is 292 cm³/mol. The standard InChI is InChI=1S/C55H68ClN11O13/c1-29(68)47-55(80)65-43(54(79)63-41(49(60)74)24-33-11-19-38(70)20-12-33)27-46(72)61-28-44(66-51(76)39(58)23-31-7-15-36(56)16-8-31)45(71)26-35(22-30-9-17-37(69)18-10-30)50(75)64-42(25-32-5-13-34(14-6-32)48(59)73)53(78)62-40(52(77)67-47)4-2-3-21-57/h5-20,29,35,39-44,47,68-70H,2-4,21-28,57-58H2,1H3,(H2,59,73)(H2,60,74)(H,61,72)(H,62,78)(H,63,79)(H,64,75)(H,65,80)(H,66,76)(H,67,77)/t29-,35-,39+,40+,41-,42-,43+,44-,47+/m1/s1. The summed E-state index contributed by atoms with van der Waals surface area (Å²) in [6, 6.07) is 12.4. The summed E-state index contributed by atoms with van der Waals surface area (Å²) in [5.41, 5.74) is 25.3. The Morgan fingerprint density at radius 3 is 1.81 bits per heavy atom. The van der Waals surface area contributed by atoms with E-state index in [0.717, 1.165) is 6.92 Å². The Hall–Kier alpha value is -8.45. The van der Waals surface area contributed by atoms with E-state index < -0.39 is 133 Å². The Morgan fingerprint density at radius 1 is 0.675 bits per heavy atom. The number of aromatic hydroxyl groups is 2. The molecule has 80 heavy (non-hydrogen) atoms. The van der Waals surface area contributed by atoms with Gasteiger partial charge in [0.2, 0.25) is 53.2 Å². The maximum atomic E-state index is 14.8. The first-order valence-electron chi connectivity index (χ1n) is 25.7. The van der Waals surface area contributed by atoms with Gasteiger partial charge in [0.15, 0.2) is 5.78 Å². The number of nitrogens with two attached hydrogens (primary N) is 4. The first-order chi connectivity index (χ1) is 38.0. The minimum atomic E-state index is -1.90. The van der Waals surface area contributed by atoms with Crippen LogP contribution < -0.4 is 60.2 Å². The van der Waals surface area contributed by atoms with Crippen molar-refractivity contribution in [3.63, 3.8) is 0 Å². The van der Waals surface area contributed by atoms with Crippen molar-refractivity contribution in [2.24, 2.45) is 28.9 Å². The van der Waals surface area contributed by atoms with Gasteiger partial charge in [-0.1, -0.05) is 60.1 Å². The fourth-order valence-corrected chi connectivity index (χ4v) is 8.72. The van der Waals surface area contributed by atoms with E-state index in [9.17, 15) is 63.3 Å². The van der Waals surface area contributed by atoms with Gasteiger partial charge in [-0.3, -0.25) is 47.9 Å². The summed E-state index contributed by atoms with van der Waals surface area (Å²) in [5.74, 6) is -11.2. The van der Waals surface area contributed by atoms with E-state index in [1.807, 2.05) is 0 Å². The van der Waals surface area contributed by atoms with E-state index in [2.05, 4.69) is 37.2 Å². The van der Waals surface area contributed by atoms with Crippen LogP contribution in [0.3, 0.4) is 0 Å². The van der Waals surface area contributed by atoms with E-state index in [0.29, 0.717) is 33.7 Å². The third kappa shape index (κ3) is 19.5. The number of unbranched alkanes of at least 4 members (excludes halogenated alkanes) is 1. The van der Waals surface area contributed by atoms with Crippen LogP contribution in [0.1, 0.15) is 71.6 Å². The number of aliphatic hydroxyl groups is 1. The summed E-state index contributed by atoms with van der Waals surface area (Å²) in [6.45, 7) is 0.636. The summed E-state index contributed by atoms with van der Waals surface area (Å²) in [6.07, 6.45) is -3.48. The number of phenolic OH excluding ortho intramolecular Hbond substituents is 2. The highest BCUT2D eigenvalue weighted by Gasteiger charge is 2.37. The maximum Gasteiger partial charge on any atom is 0.248 e. The van der Waals surface area contributed by atoms with Crippen LogP contribution in [0.15, 0.2) is 97.1 Å². The highest BCUT2D eigenvalue weighted by atomic mass is 35.5. The zero-order valence-electron chi connectivity index (χ0n) is 43.8. The summed E-state index contributed by atoms with van der Waals surface area (Å²) in [4.78, 5) is 139. The number of Topliss-reactive ketones (excluding diaryl/α,β-unsaturated/α-hetero) is 1. The molecule has 4 aromatic rings. The van der Waals surface area contributed by atoms with Crippen molar-refractivity contribution in [3.8, 4) is 11.5 Å². The van der Waals surface area contributed by atoms with Crippen molar-refractivity contribution in [2.75, 3.05) is 13.1 Å². The quantitative estimate of drug-likeness (QED) is 0.0473. The summed E-state index contributed by atoms with van der Waals surface area (Å²) < 4.78 is 0. The molecule has 1 aliphatic heterocycles. The molecule has 0 saturated carbocycles. The number of aliphatic hydroxyl groups excluding tert-OH is 1. The molecule has 1 heterocycles. The smallest absolute Gasteiger partial charge is 0.248 e. The number of hydrogen-bond donors (Lipinski definition) is 14. The van der Waals surface area contributed by atoms with Crippen molar-refractivity contribution in [1.82, 2.24) is 37.2 Å². The highest BCUT2D eigenvalue weighted by Crippen LogP contribution is 2.20. The second kappa shape index (κ2) is 30.1. The Balaban J connectivity index is 1.60. The second-order valence-corrected chi connectivity index (χ2v) is 20.0. The van der Waals surface area contributed by atoms with Crippen molar-refractivity contribution >= 4 is 70.5 Å². The number of nitrogens with one attached hydrogen (secondary N) is 7. The SMILES string of the molecule is C[C@@H](O)[C@@H]1NC(=O)[C@H](CCCCN)NC(=O)[C@@H](Cc2ccc(C(N)=O)cc2)NC(=O)[C@H](Cc2ccc(O)cc2)CC(=O)[C@H](NC(=O)[C@@H](N)Cc2ccc(Cl)cc2)CNC(=O)C[C@@H](C(=O)N[C@H](Cc2ccc(O)cc2)C(N)=O)NC1=O. The number of ketones is 1. The van der Waals surface area contributed by atoms with Crippen molar-refractivity contribution < 1.29 is 63.3 Å². The topological polar surface area (TPSA) is 420 Å². The van der Waals surface area contributed by atoms with Gasteiger partial charge >= 0.3 is 0 Å². The first kappa shape index (κ1) is 62.4. The first-order valence-corrected chi connectivity index (χ1v) is 26.1. The Bertz CT molecular complexity index is 2840. The summed E-state index contributed by atoms with van der Waals surface area (Å²) >= 11 is 6.05. The van der Waals surface area contributed by atoms with Gasteiger partial charge in [0.1, 0.15) is 47.8 Å². The molecule has 0 bridgehead atoms. The Kier molecular flexibility index (Phi) is 23.4. The molecule has 9 atom stereocenters. The third-order valence-electron chi connectivity index (χ3n) is 13.2. The third-order valence-corrected chi connectivity index (χ3v) is 13.4. The molecule has 0 spiro atoms. The molecule has 0 radical (unpaired) electrons. The molecule has 4 aromatic carbocycles. The molecule has 0 aliphatic carbocycles. The van der Waals surface area contributed by atoms with Gasteiger partial charge < -0.3 is 75.5 Å². The Morgan fingerprint density at radius 2 is 1.23 bits per heavy atom. The number of amides is 9. The van der Waals surface area contributed by atoms with Crippen LogP contribution in [0, 0.1) is 5.92 Å². The zero-order valence-corrected chi connectivity index (χ0v) is 44.6. The lowest BCUT2D eigenvalue weighted by Crippen LogP contribution is -2.62. The van der Waals surface area contributed by atoms with E-state index in [1.165, 1.54) is 72.8 Å². The molecule has 24 nitrogen and oxygen atoms in total. The number of carbonyl (C=O) groups is 10. The van der Waals surface area contributed by atoms with Crippen LogP contribution in [0.5, 0.6) is 11.5 Å². The van der Waals surface area contributed by atoms with Crippen molar-refractivity contribution in [2.45, 2.75) is 113 Å². The normalized spacial score (nSPS) is 21.0. The van der Waals surface area contributed by atoms with Crippen LogP contribution in [0.25, 0.3) is 0 Å². The second-order valence-electron chi connectivity index (χ2n) is 19.5. The van der Waals surface area contributed by atoms with Gasteiger partial charge in [0.05, 0.1) is 18.6 Å². The number of halogens is 1. The van der Waals surface area contributed by atoms with Gasteiger partial charge in [0.25, 0.3) is 0 Å². The molecule has 1 fully saturated rings. The van der Waals surface area contributed by atoms with Gasteiger partial charge in [-0.05, 0) is 116 Å². The van der Waals surface area contributed by atoms with Crippen LogP contribution >= 0.6 is 11.6 Å². The fraction of sp³-hybridized carbons (Fsp3) is 0.382. The number of carbonyl (C=O) groups excluding carboxylic acids is 10. The maximum absolute atomic E-state index is 14.8. The lowest BCUT2D eigenvalue weighted by atomic mass is 9.90. The van der Waals surface area contributed by atoms with E-state index in [1.54, 1.807) is 24.3 Å². The monoisotopic (exact) mass is 1130 g/mol. The minimum absolute atomic E-state index is 0.0336. The lowest BCUT2D eigenvalue weighted by molar-refractivity contribution is -0.138. The fourth-order valence-electron chi connectivity index (χ4n) is 8.59. The summed E-state index contributed by atoms with van der Waals surface area (Å²) in [7, 11) is 0. The van der Waals surface area contributed by atoms with Gasteiger partial charge in [-0.2, -0.15) is 0 Å². The molecule has 0 unspecified atom stereocenters. The van der Waals surface area contributed by atoms with Gasteiger partial charge in [-0.15, -0.1) is 0 Å². The molecule has 5 rings (SSSR count). The summed E-state index contributed by atoms with van der Waals surface area (Å²) in [5, 5.41) is 48.9. The largest absolute Gasteiger partial charge is 0.508 e. The van der Waals surface area contributed by atoms with E-state index in [4.69, 9.17) is 34.5 Å². The molecule has 9 amide bonds. The van der Waals surface area contributed by atoms with Gasteiger partial charge in [0, 0.05) is 42.3 Å². The number of rotatable bonds is 19. The van der Waals surface area contributed by atoms with Crippen LogP contribution in [-0.4, -0.2) is 136 Å². The van der Waals surface area contributed by atoms with Crippen LogP contribution in [-0.2, 0) is 68.8 Å². The van der Waals surface area contributed by atoms with Crippen LogP contribution in [0.2, 0.25) is 5.02 Å². The molecule has 25 heteroatoms. The lowest BCUT2D eigenvalue weighted by Gasteiger charge is -2.29. The average molecular weight is 1130 g/mol. The van der Waals surface area contributed by atoms with Crippen molar-refractivity contribution in [3.05, 3.63) is 130 Å². The average Bonchev–Trinajstić information content (AvgIpc) is 3.43. The minimum Gasteiger partial charge on any atom is -0.508 e. The molecular weight excluding hydrogens is 1060 g/mol. The molecule has 1 saturated heterocycles. The molecule has 0 aromatic heterocycles. The molecular formula is C55H68ClN11O13. The number of benzene rings is 4. The predicted octanol–water partition coefficient (Wildman–Crippen LogP) is -1.55.